The molecule has 0 spiro atoms. The highest BCUT2D eigenvalue weighted by molar-refractivity contribution is 5.78. The Morgan fingerprint density at radius 3 is 2.94 bits per heavy atom. The van der Waals surface area contributed by atoms with Crippen molar-refractivity contribution in [1.29, 1.82) is 0 Å². The van der Waals surface area contributed by atoms with Crippen LogP contribution in [0.4, 0.5) is 0 Å². The van der Waals surface area contributed by atoms with E-state index in [1.165, 1.54) is 0 Å². The molecule has 3 nitrogen and oxygen atoms in total. The second-order valence-electron chi connectivity index (χ2n) is 3.72. The molecule has 16 heavy (non-hydrogen) atoms. The molecule has 1 heterocycles. The first-order chi connectivity index (χ1) is 7.85. The molecule has 1 aromatic heterocycles. The summed E-state index contributed by atoms with van der Waals surface area (Å²) in [5.41, 5.74) is 2.86. The predicted octanol–water partition coefficient (Wildman–Crippen LogP) is 2.64. The third-order valence-corrected chi connectivity index (χ3v) is 2.58. The summed E-state index contributed by atoms with van der Waals surface area (Å²) >= 11 is 0. The first-order valence-corrected chi connectivity index (χ1v) is 5.41. The fourth-order valence-corrected chi connectivity index (χ4v) is 1.76. The van der Waals surface area contributed by atoms with Gasteiger partial charge in [-0.05, 0) is 24.1 Å². The lowest BCUT2D eigenvalue weighted by Crippen LogP contribution is -1.97. The first kappa shape index (κ1) is 10.6. The van der Waals surface area contributed by atoms with Crippen molar-refractivity contribution >= 4 is 6.29 Å². The number of aldehydes is 1. The van der Waals surface area contributed by atoms with Gasteiger partial charge in [0, 0.05) is 23.6 Å². The molecule has 1 aromatic carbocycles. The van der Waals surface area contributed by atoms with Crippen molar-refractivity contribution in [2.75, 3.05) is 0 Å². The number of aromatic nitrogens is 2. The van der Waals surface area contributed by atoms with Crippen LogP contribution in [0.1, 0.15) is 29.3 Å². The minimum Gasteiger partial charge on any atom is -0.306 e. The van der Waals surface area contributed by atoms with E-state index in [0.29, 0.717) is 0 Å². The van der Waals surface area contributed by atoms with Gasteiger partial charge in [-0.1, -0.05) is 19.4 Å². The zero-order valence-corrected chi connectivity index (χ0v) is 9.26. The van der Waals surface area contributed by atoms with Gasteiger partial charge in [0.2, 0.25) is 0 Å². The highest BCUT2D eigenvalue weighted by Crippen LogP contribution is 2.15. The van der Waals surface area contributed by atoms with Gasteiger partial charge >= 0.3 is 0 Å². The van der Waals surface area contributed by atoms with E-state index in [1.807, 2.05) is 29.0 Å². The summed E-state index contributed by atoms with van der Waals surface area (Å²) < 4.78 is 1.89. The molecule has 0 radical (unpaired) electrons. The Morgan fingerprint density at radius 2 is 2.31 bits per heavy atom. The maximum Gasteiger partial charge on any atom is 0.150 e. The van der Waals surface area contributed by atoms with Crippen LogP contribution in [0.2, 0.25) is 0 Å². The van der Waals surface area contributed by atoms with Crippen LogP contribution < -0.4 is 0 Å². The number of hydrogen-bond donors (Lipinski definition) is 0. The molecule has 0 atom stereocenters. The monoisotopic (exact) mass is 214 g/mol. The van der Waals surface area contributed by atoms with Crippen LogP contribution in [0.25, 0.3) is 5.69 Å². The van der Waals surface area contributed by atoms with Crippen LogP contribution in [-0.2, 0) is 6.42 Å². The van der Waals surface area contributed by atoms with E-state index >= 15 is 0 Å². The van der Waals surface area contributed by atoms with Crippen LogP contribution in [-0.4, -0.2) is 15.8 Å². The summed E-state index contributed by atoms with van der Waals surface area (Å²) in [5.74, 6) is 0. The summed E-state index contributed by atoms with van der Waals surface area (Å²) in [6.45, 7) is 2.11. The predicted molar refractivity (Wildman–Crippen MR) is 62.9 cm³/mol. The van der Waals surface area contributed by atoms with Crippen LogP contribution in [0.5, 0.6) is 0 Å². The summed E-state index contributed by atoms with van der Waals surface area (Å²) in [7, 11) is 0. The maximum absolute atomic E-state index is 11.0. The van der Waals surface area contributed by atoms with Gasteiger partial charge in [0.15, 0.2) is 0 Å². The lowest BCUT2D eigenvalue weighted by atomic mass is 10.0. The van der Waals surface area contributed by atoms with E-state index in [9.17, 15) is 4.79 Å². The lowest BCUT2D eigenvalue weighted by Gasteiger charge is -2.07. The summed E-state index contributed by atoms with van der Waals surface area (Å²) in [4.78, 5) is 15.0. The van der Waals surface area contributed by atoms with Gasteiger partial charge in [0.05, 0.1) is 6.33 Å². The molecule has 0 fully saturated rings. The Kier molecular flexibility index (Phi) is 3.15. The topological polar surface area (TPSA) is 34.9 Å². The number of hydrogen-bond acceptors (Lipinski definition) is 2. The maximum atomic E-state index is 11.0. The van der Waals surface area contributed by atoms with Gasteiger partial charge < -0.3 is 4.57 Å². The second kappa shape index (κ2) is 4.75. The molecule has 0 saturated heterocycles. The van der Waals surface area contributed by atoms with Crippen molar-refractivity contribution in [2.45, 2.75) is 19.8 Å². The number of nitrogens with zero attached hydrogens (tertiary/aromatic N) is 2. The molecule has 0 saturated carbocycles. The molecule has 0 N–H and O–H groups in total. The van der Waals surface area contributed by atoms with Crippen molar-refractivity contribution in [2.24, 2.45) is 0 Å². The molecular formula is C13H14N2O. The van der Waals surface area contributed by atoms with Gasteiger partial charge in [0.1, 0.15) is 6.29 Å². The highest BCUT2D eigenvalue weighted by Gasteiger charge is 2.03. The normalized spacial score (nSPS) is 10.3. The fourth-order valence-electron chi connectivity index (χ4n) is 1.76. The Bertz CT molecular complexity index is 475. The lowest BCUT2D eigenvalue weighted by molar-refractivity contribution is 0.112. The van der Waals surface area contributed by atoms with Crippen molar-refractivity contribution in [3.63, 3.8) is 0 Å². The second-order valence-corrected chi connectivity index (χ2v) is 3.72. The van der Waals surface area contributed by atoms with E-state index < -0.39 is 0 Å². The Balaban J connectivity index is 2.40. The van der Waals surface area contributed by atoms with Gasteiger partial charge in [-0.3, -0.25) is 4.79 Å². The molecule has 3 heteroatoms. The zero-order chi connectivity index (χ0) is 11.4. The Hall–Kier alpha value is -1.90. The first-order valence-electron chi connectivity index (χ1n) is 5.41. The van der Waals surface area contributed by atoms with Crippen LogP contribution >= 0.6 is 0 Å². The highest BCUT2D eigenvalue weighted by atomic mass is 16.1. The van der Waals surface area contributed by atoms with Crippen LogP contribution in [0.15, 0.2) is 36.9 Å². The largest absolute Gasteiger partial charge is 0.306 e. The SMILES string of the molecule is CCCc1ccc(-n2ccnc2)cc1C=O. The van der Waals surface area contributed by atoms with Gasteiger partial charge in [-0.15, -0.1) is 0 Å². The molecule has 0 aliphatic carbocycles. The number of aryl methyl sites for hydroxylation is 1. The number of rotatable bonds is 4. The van der Waals surface area contributed by atoms with Crippen LogP contribution in [0, 0.1) is 0 Å². The van der Waals surface area contributed by atoms with Gasteiger partial charge in [-0.25, -0.2) is 4.98 Å². The molecule has 0 amide bonds. The smallest absolute Gasteiger partial charge is 0.150 e. The van der Waals surface area contributed by atoms with Gasteiger partial charge in [-0.2, -0.15) is 0 Å². The molecule has 0 aliphatic heterocycles. The van der Waals surface area contributed by atoms with E-state index in [4.69, 9.17) is 0 Å². The molecule has 2 aromatic rings. The molecule has 0 unspecified atom stereocenters. The van der Waals surface area contributed by atoms with Crippen molar-refractivity contribution in [3.8, 4) is 5.69 Å². The minimum absolute atomic E-state index is 0.771. The summed E-state index contributed by atoms with van der Waals surface area (Å²) in [6.07, 6.45) is 8.22. The number of imidazole rings is 1. The van der Waals surface area contributed by atoms with Crippen molar-refractivity contribution in [3.05, 3.63) is 48.0 Å². The summed E-state index contributed by atoms with van der Waals surface area (Å²) in [5, 5.41) is 0. The molecular weight excluding hydrogens is 200 g/mol. The van der Waals surface area contributed by atoms with Crippen LogP contribution in [0.3, 0.4) is 0 Å². The number of carbonyl (C=O) groups is 1. The van der Waals surface area contributed by atoms with Crippen molar-refractivity contribution < 1.29 is 4.79 Å². The average molecular weight is 214 g/mol. The average Bonchev–Trinajstić information content (AvgIpc) is 2.83. The molecule has 0 aliphatic rings. The number of benzene rings is 1. The summed E-state index contributed by atoms with van der Waals surface area (Å²) in [6, 6.07) is 5.93. The Morgan fingerprint density at radius 1 is 1.44 bits per heavy atom. The zero-order valence-electron chi connectivity index (χ0n) is 9.26. The quantitative estimate of drug-likeness (QED) is 0.733. The van der Waals surface area contributed by atoms with E-state index in [0.717, 1.165) is 35.9 Å². The van der Waals surface area contributed by atoms with Gasteiger partial charge in [0.25, 0.3) is 0 Å². The minimum atomic E-state index is 0.771. The molecule has 0 bridgehead atoms. The molecule has 82 valence electrons. The third-order valence-electron chi connectivity index (χ3n) is 2.58. The Labute approximate surface area is 94.7 Å². The molecule has 2 rings (SSSR count). The van der Waals surface area contributed by atoms with E-state index in [1.54, 1.807) is 12.5 Å². The fraction of sp³-hybridized carbons (Fsp3) is 0.231. The van der Waals surface area contributed by atoms with E-state index in [2.05, 4.69) is 11.9 Å². The third kappa shape index (κ3) is 2.03. The van der Waals surface area contributed by atoms with E-state index in [-0.39, 0.29) is 0 Å². The standard InChI is InChI=1S/C13H14N2O/c1-2-3-11-4-5-13(8-12(11)9-16)15-7-6-14-10-15/h4-10H,2-3H2,1H3. The van der Waals surface area contributed by atoms with Crippen molar-refractivity contribution in [1.82, 2.24) is 9.55 Å². The number of carbonyl (C=O) groups excluding carboxylic acids is 1.